The Morgan fingerprint density at radius 2 is 1.23 bits per heavy atom. The van der Waals surface area contributed by atoms with E-state index in [9.17, 15) is 9.59 Å². The number of hydrogen-bond acceptors (Lipinski definition) is 3. The Morgan fingerprint density at radius 1 is 0.733 bits per heavy atom. The van der Waals surface area contributed by atoms with E-state index in [-0.39, 0.29) is 11.3 Å². The topological polar surface area (TPSA) is 67.4 Å². The first kappa shape index (κ1) is 21.1. The zero-order valence-electron chi connectivity index (χ0n) is 17.4. The first-order valence-electron chi connectivity index (χ1n) is 9.81. The van der Waals surface area contributed by atoms with Crippen molar-refractivity contribution in [1.29, 1.82) is 0 Å². The lowest BCUT2D eigenvalue weighted by atomic mass is 9.87. The molecule has 0 unspecified atom stereocenters. The van der Waals surface area contributed by atoms with Crippen molar-refractivity contribution in [2.45, 2.75) is 32.8 Å². The average molecular weight is 402 g/mol. The number of carbonyl (C=O) groups excluding carboxylic acids is 2. The minimum atomic E-state index is -0.399. The Hall–Kier alpha value is -3.60. The summed E-state index contributed by atoms with van der Waals surface area (Å²) < 4.78 is 5.71. The largest absolute Gasteiger partial charge is 0.489 e. The van der Waals surface area contributed by atoms with Crippen LogP contribution in [0.2, 0.25) is 0 Å². The number of nitrogens with one attached hydrogen (secondary N) is 2. The number of amides is 2. The van der Waals surface area contributed by atoms with Crippen LogP contribution >= 0.6 is 0 Å². The molecule has 0 saturated heterocycles. The van der Waals surface area contributed by atoms with Crippen LogP contribution in [0.3, 0.4) is 0 Å². The summed E-state index contributed by atoms with van der Waals surface area (Å²) in [5.74, 6) is -0.103. The van der Waals surface area contributed by atoms with Crippen LogP contribution in [0.15, 0.2) is 78.9 Å². The lowest BCUT2D eigenvalue weighted by molar-refractivity contribution is 0.0846. The van der Waals surface area contributed by atoms with Gasteiger partial charge in [0.2, 0.25) is 0 Å². The van der Waals surface area contributed by atoms with Crippen molar-refractivity contribution in [3.05, 3.63) is 101 Å². The minimum Gasteiger partial charge on any atom is -0.489 e. The molecule has 0 aliphatic rings. The second-order valence-electron chi connectivity index (χ2n) is 8.03. The first-order valence-corrected chi connectivity index (χ1v) is 9.81. The van der Waals surface area contributed by atoms with Gasteiger partial charge in [0.05, 0.1) is 0 Å². The maximum Gasteiger partial charge on any atom is 0.269 e. The molecule has 0 aliphatic heterocycles. The van der Waals surface area contributed by atoms with Crippen LogP contribution in [0, 0.1) is 0 Å². The molecule has 0 fully saturated rings. The molecule has 0 aliphatic carbocycles. The van der Waals surface area contributed by atoms with Gasteiger partial charge in [0, 0.05) is 11.1 Å². The number of hydrogen-bond donors (Lipinski definition) is 2. The summed E-state index contributed by atoms with van der Waals surface area (Å²) >= 11 is 0. The van der Waals surface area contributed by atoms with Crippen molar-refractivity contribution in [3.63, 3.8) is 0 Å². The molecule has 0 saturated carbocycles. The molecule has 3 rings (SSSR count). The highest BCUT2D eigenvalue weighted by atomic mass is 16.5. The molecule has 0 spiro atoms. The quantitative estimate of drug-likeness (QED) is 0.611. The smallest absolute Gasteiger partial charge is 0.269 e. The van der Waals surface area contributed by atoms with Crippen molar-refractivity contribution >= 4 is 11.8 Å². The molecule has 5 heteroatoms. The van der Waals surface area contributed by atoms with Crippen LogP contribution in [0.25, 0.3) is 0 Å². The first-order chi connectivity index (χ1) is 14.3. The van der Waals surface area contributed by atoms with Crippen LogP contribution in [0.5, 0.6) is 5.75 Å². The van der Waals surface area contributed by atoms with E-state index in [0.717, 1.165) is 11.1 Å². The minimum absolute atomic E-state index is 0.0141. The molecule has 30 heavy (non-hydrogen) atoms. The fourth-order valence-corrected chi connectivity index (χ4v) is 2.82. The van der Waals surface area contributed by atoms with Gasteiger partial charge in [-0.15, -0.1) is 0 Å². The third-order valence-electron chi connectivity index (χ3n) is 4.67. The van der Waals surface area contributed by atoms with E-state index in [2.05, 4.69) is 31.6 Å². The van der Waals surface area contributed by atoms with Gasteiger partial charge in [-0.1, -0.05) is 63.2 Å². The zero-order chi connectivity index (χ0) is 21.6. The van der Waals surface area contributed by atoms with E-state index < -0.39 is 5.91 Å². The number of rotatable bonds is 5. The molecular formula is C25H26N2O3. The predicted molar refractivity (Wildman–Crippen MR) is 117 cm³/mol. The monoisotopic (exact) mass is 402 g/mol. The van der Waals surface area contributed by atoms with E-state index in [1.807, 2.05) is 42.5 Å². The van der Waals surface area contributed by atoms with E-state index in [4.69, 9.17) is 4.74 Å². The van der Waals surface area contributed by atoms with E-state index in [0.29, 0.717) is 23.5 Å². The van der Waals surface area contributed by atoms with Crippen molar-refractivity contribution in [1.82, 2.24) is 10.9 Å². The summed E-state index contributed by atoms with van der Waals surface area (Å²) in [6, 6.07) is 23.9. The maximum absolute atomic E-state index is 12.3. The number of carbonyl (C=O) groups is 2. The summed E-state index contributed by atoms with van der Waals surface area (Å²) in [5, 5.41) is 0. The van der Waals surface area contributed by atoms with Crippen molar-refractivity contribution in [2.24, 2.45) is 0 Å². The van der Waals surface area contributed by atoms with Crippen LogP contribution < -0.4 is 15.6 Å². The number of hydrazine groups is 1. The Kier molecular flexibility index (Phi) is 6.52. The van der Waals surface area contributed by atoms with Gasteiger partial charge < -0.3 is 4.74 Å². The SMILES string of the molecule is CC(C)(C)c1ccc(C(=O)NNC(=O)c2ccc(OCc3ccccc3)cc2)cc1. The number of benzene rings is 3. The zero-order valence-corrected chi connectivity index (χ0v) is 17.4. The van der Waals surface area contributed by atoms with Gasteiger partial charge >= 0.3 is 0 Å². The Bertz CT molecular complexity index is 989. The summed E-state index contributed by atoms with van der Waals surface area (Å²) in [6.45, 7) is 6.79. The van der Waals surface area contributed by atoms with Gasteiger partial charge in [0.15, 0.2) is 0 Å². The summed E-state index contributed by atoms with van der Waals surface area (Å²) in [5.41, 5.74) is 8.01. The Morgan fingerprint density at radius 3 is 1.73 bits per heavy atom. The Labute approximate surface area is 177 Å². The molecule has 2 N–H and O–H groups in total. The molecule has 0 radical (unpaired) electrons. The van der Waals surface area contributed by atoms with Crippen LogP contribution in [-0.2, 0) is 12.0 Å². The van der Waals surface area contributed by atoms with Crippen molar-refractivity contribution < 1.29 is 14.3 Å². The van der Waals surface area contributed by atoms with Crippen LogP contribution in [0.1, 0.15) is 52.6 Å². The molecule has 2 amide bonds. The van der Waals surface area contributed by atoms with E-state index in [1.165, 1.54) is 0 Å². The molecule has 0 atom stereocenters. The highest BCUT2D eigenvalue weighted by Gasteiger charge is 2.15. The summed E-state index contributed by atoms with van der Waals surface area (Å²) in [7, 11) is 0. The lowest BCUT2D eigenvalue weighted by Gasteiger charge is -2.19. The molecular weight excluding hydrogens is 376 g/mol. The summed E-state index contributed by atoms with van der Waals surface area (Å²) in [6.07, 6.45) is 0. The van der Waals surface area contributed by atoms with Gasteiger partial charge in [0.1, 0.15) is 12.4 Å². The van der Waals surface area contributed by atoms with Crippen LogP contribution in [-0.4, -0.2) is 11.8 Å². The van der Waals surface area contributed by atoms with Gasteiger partial charge in [-0.25, -0.2) is 0 Å². The highest BCUT2D eigenvalue weighted by Crippen LogP contribution is 2.22. The van der Waals surface area contributed by atoms with Gasteiger partial charge in [0.25, 0.3) is 11.8 Å². The van der Waals surface area contributed by atoms with Gasteiger partial charge in [-0.2, -0.15) is 0 Å². The standard InChI is InChI=1S/C25H26N2O3/c1-25(2,3)21-13-9-19(10-14-21)23(28)26-27-24(29)20-11-15-22(16-12-20)30-17-18-7-5-4-6-8-18/h4-16H,17H2,1-3H3,(H,26,28)(H,27,29). The highest BCUT2D eigenvalue weighted by molar-refractivity contribution is 5.99. The van der Waals surface area contributed by atoms with Crippen molar-refractivity contribution in [2.75, 3.05) is 0 Å². The third-order valence-corrected chi connectivity index (χ3v) is 4.67. The van der Waals surface area contributed by atoms with E-state index >= 15 is 0 Å². The van der Waals surface area contributed by atoms with Crippen molar-refractivity contribution in [3.8, 4) is 5.75 Å². The van der Waals surface area contributed by atoms with Crippen LogP contribution in [0.4, 0.5) is 0 Å². The second kappa shape index (κ2) is 9.27. The van der Waals surface area contributed by atoms with Gasteiger partial charge in [-0.3, -0.25) is 20.4 Å². The van der Waals surface area contributed by atoms with Gasteiger partial charge in [-0.05, 0) is 52.9 Å². The second-order valence-corrected chi connectivity index (χ2v) is 8.03. The molecule has 154 valence electrons. The summed E-state index contributed by atoms with van der Waals surface area (Å²) in [4.78, 5) is 24.6. The third kappa shape index (κ3) is 5.70. The molecule has 3 aromatic carbocycles. The lowest BCUT2D eigenvalue weighted by Crippen LogP contribution is -2.41. The predicted octanol–water partition coefficient (Wildman–Crippen LogP) is 4.64. The molecule has 5 nitrogen and oxygen atoms in total. The maximum atomic E-state index is 12.3. The fraction of sp³-hybridized carbons (Fsp3) is 0.200. The molecule has 3 aromatic rings. The average Bonchev–Trinajstić information content (AvgIpc) is 2.76. The van der Waals surface area contributed by atoms with E-state index in [1.54, 1.807) is 36.4 Å². The molecule has 0 aromatic heterocycles. The molecule has 0 heterocycles. The fourth-order valence-electron chi connectivity index (χ4n) is 2.82. The number of ether oxygens (including phenoxy) is 1. The molecule has 0 bridgehead atoms. The normalized spacial score (nSPS) is 10.9. The Balaban J connectivity index is 1.51.